The number of carbonyl (C=O) groups excluding carboxylic acids is 2. The van der Waals surface area contributed by atoms with Crippen LogP contribution in [-0.2, 0) is 14.3 Å². The van der Waals surface area contributed by atoms with E-state index in [1.807, 2.05) is 37.3 Å². The van der Waals surface area contributed by atoms with Crippen molar-refractivity contribution in [3.8, 4) is 0 Å². The van der Waals surface area contributed by atoms with Gasteiger partial charge in [-0.2, -0.15) is 0 Å². The van der Waals surface area contributed by atoms with E-state index in [0.717, 1.165) is 24.8 Å². The molecule has 0 fully saturated rings. The summed E-state index contributed by atoms with van der Waals surface area (Å²) in [7, 11) is 1.39. The van der Waals surface area contributed by atoms with E-state index in [9.17, 15) is 9.59 Å². The maximum Gasteiger partial charge on any atom is 0.305 e. The van der Waals surface area contributed by atoms with Crippen LogP contribution < -0.4 is 11.1 Å². The number of nitrogens with two attached hydrogens (primary N) is 1. The Kier molecular flexibility index (Phi) is 8.22. The van der Waals surface area contributed by atoms with Crippen LogP contribution in [0.4, 0.5) is 0 Å². The Bertz CT molecular complexity index is 462. The monoisotopic (exact) mass is 306 g/mol. The molecule has 5 heteroatoms. The van der Waals surface area contributed by atoms with Crippen molar-refractivity contribution >= 4 is 11.9 Å². The van der Waals surface area contributed by atoms with Crippen LogP contribution in [0.15, 0.2) is 30.3 Å². The van der Waals surface area contributed by atoms with Gasteiger partial charge in [-0.3, -0.25) is 9.59 Å². The molecule has 22 heavy (non-hydrogen) atoms. The molecule has 0 aliphatic rings. The van der Waals surface area contributed by atoms with Crippen LogP contribution in [0.3, 0.4) is 0 Å². The van der Waals surface area contributed by atoms with Crippen molar-refractivity contribution in [2.75, 3.05) is 13.7 Å². The maximum atomic E-state index is 12.1. The van der Waals surface area contributed by atoms with Gasteiger partial charge in [-0.05, 0) is 18.4 Å². The molecule has 2 atom stereocenters. The Hall–Kier alpha value is -1.88. The molecule has 0 saturated carbocycles. The largest absolute Gasteiger partial charge is 0.469 e. The van der Waals surface area contributed by atoms with Crippen LogP contribution in [0.1, 0.15) is 44.2 Å². The highest BCUT2D eigenvalue weighted by Gasteiger charge is 2.21. The van der Waals surface area contributed by atoms with E-state index < -0.39 is 0 Å². The average molecular weight is 306 g/mol. The number of benzene rings is 1. The van der Waals surface area contributed by atoms with Crippen LogP contribution in [0, 0.1) is 5.92 Å². The van der Waals surface area contributed by atoms with Crippen molar-refractivity contribution in [2.24, 2.45) is 11.7 Å². The number of amides is 1. The normalized spacial score (nSPS) is 13.2. The van der Waals surface area contributed by atoms with Crippen LogP contribution in [0.2, 0.25) is 0 Å². The fourth-order valence-electron chi connectivity index (χ4n) is 2.17. The van der Waals surface area contributed by atoms with Gasteiger partial charge in [0, 0.05) is 19.0 Å². The number of esters is 1. The lowest BCUT2D eigenvalue weighted by Crippen LogP contribution is -2.36. The molecule has 1 aromatic rings. The molecule has 3 N–H and O–H groups in total. The van der Waals surface area contributed by atoms with Gasteiger partial charge in [-0.15, -0.1) is 0 Å². The molecule has 0 aliphatic heterocycles. The predicted molar refractivity (Wildman–Crippen MR) is 86.0 cm³/mol. The van der Waals surface area contributed by atoms with E-state index in [4.69, 9.17) is 5.73 Å². The number of unbranched alkanes of at least 4 members (excludes halogenated alkanes) is 2. The molecule has 1 rings (SSSR count). The smallest absolute Gasteiger partial charge is 0.305 e. The van der Waals surface area contributed by atoms with E-state index in [1.54, 1.807) is 0 Å². The molecule has 0 heterocycles. The zero-order valence-corrected chi connectivity index (χ0v) is 13.4. The van der Waals surface area contributed by atoms with Crippen molar-refractivity contribution in [1.29, 1.82) is 0 Å². The van der Waals surface area contributed by atoms with E-state index in [1.165, 1.54) is 7.11 Å². The summed E-state index contributed by atoms with van der Waals surface area (Å²) in [5, 5.41) is 2.90. The van der Waals surface area contributed by atoms with Crippen LogP contribution >= 0.6 is 0 Å². The zero-order valence-electron chi connectivity index (χ0n) is 13.4. The average Bonchev–Trinajstić information content (AvgIpc) is 2.56. The molecule has 122 valence electrons. The third-order valence-electron chi connectivity index (χ3n) is 3.72. The quantitative estimate of drug-likeness (QED) is 0.541. The second-order valence-corrected chi connectivity index (χ2v) is 5.40. The number of hydrogen-bond acceptors (Lipinski definition) is 4. The standard InChI is InChI=1S/C17H26N2O3/c1-13(16(18)14-9-5-3-6-10-14)17(21)19-12-8-4-7-11-15(20)22-2/h3,5-6,9-10,13,16H,4,7-8,11-12,18H2,1-2H3,(H,19,21). The Balaban J connectivity index is 2.23. The van der Waals surface area contributed by atoms with E-state index in [2.05, 4.69) is 10.1 Å². The Morgan fingerprint density at radius 2 is 1.86 bits per heavy atom. The SMILES string of the molecule is COC(=O)CCCCCNC(=O)C(C)C(N)c1ccccc1. The number of hydrogen-bond donors (Lipinski definition) is 2. The molecular weight excluding hydrogens is 280 g/mol. The molecule has 0 saturated heterocycles. The van der Waals surface area contributed by atoms with Crippen molar-refractivity contribution in [2.45, 2.75) is 38.6 Å². The van der Waals surface area contributed by atoms with Gasteiger partial charge in [0.2, 0.25) is 5.91 Å². The number of ether oxygens (including phenoxy) is 1. The predicted octanol–water partition coefficient (Wildman–Crippen LogP) is 2.17. The van der Waals surface area contributed by atoms with Crippen molar-refractivity contribution in [3.05, 3.63) is 35.9 Å². The minimum atomic E-state index is -0.305. The van der Waals surface area contributed by atoms with Gasteiger partial charge in [-0.1, -0.05) is 43.7 Å². The number of nitrogens with one attached hydrogen (secondary N) is 1. The summed E-state index contributed by atoms with van der Waals surface area (Å²) in [6.45, 7) is 2.44. The van der Waals surface area contributed by atoms with Gasteiger partial charge in [-0.25, -0.2) is 0 Å². The van der Waals surface area contributed by atoms with Crippen LogP contribution in [0.25, 0.3) is 0 Å². The third kappa shape index (κ3) is 6.26. The summed E-state index contributed by atoms with van der Waals surface area (Å²) >= 11 is 0. The van der Waals surface area contributed by atoms with Crippen molar-refractivity contribution < 1.29 is 14.3 Å². The van der Waals surface area contributed by atoms with Gasteiger partial charge < -0.3 is 15.8 Å². The lowest BCUT2D eigenvalue weighted by Gasteiger charge is -2.19. The number of carbonyl (C=O) groups is 2. The van der Waals surface area contributed by atoms with Gasteiger partial charge in [0.1, 0.15) is 0 Å². The highest BCUT2D eigenvalue weighted by Crippen LogP contribution is 2.18. The number of rotatable bonds is 9. The summed E-state index contributed by atoms with van der Waals surface area (Å²) in [4.78, 5) is 23.0. The third-order valence-corrected chi connectivity index (χ3v) is 3.72. The number of methoxy groups -OCH3 is 1. The first-order chi connectivity index (χ1) is 10.6. The lowest BCUT2D eigenvalue weighted by molar-refractivity contribution is -0.140. The first-order valence-electron chi connectivity index (χ1n) is 7.71. The fourth-order valence-corrected chi connectivity index (χ4v) is 2.17. The molecule has 2 unspecified atom stereocenters. The van der Waals surface area contributed by atoms with Gasteiger partial charge in [0.05, 0.1) is 13.0 Å². The Morgan fingerprint density at radius 1 is 1.18 bits per heavy atom. The summed E-state index contributed by atoms with van der Waals surface area (Å²) in [6.07, 6.45) is 2.94. The molecule has 1 aromatic carbocycles. The first-order valence-corrected chi connectivity index (χ1v) is 7.71. The van der Waals surface area contributed by atoms with Crippen molar-refractivity contribution in [1.82, 2.24) is 5.32 Å². The topological polar surface area (TPSA) is 81.4 Å². The summed E-state index contributed by atoms with van der Waals surface area (Å²) in [6, 6.07) is 9.32. The molecule has 0 spiro atoms. The fraction of sp³-hybridized carbons (Fsp3) is 0.529. The molecule has 1 amide bonds. The second-order valence-electron chi connectivity index (χ2n) is 5.40. The Labute approximate surface area is 132 Å². The molecule has 0 radical (unpaired) electrons. The summed E-state index contributed by atoms with van der Waals surface area (Å²) in [5.74, 6) is -0.506. The van der Waals surface area contributed by atoms with E-state index in [0.29, 0.717) is 13.0 Å². The summed E-state index contributed by atoms with van der Waals surface area (Å²) < 4.78 is 4.57. The molecular formula is C17H26N2O3. The maximum absolute atomic E-state index is 12.1. The van der Waals surface area contributed by atoms with Gasteiger partial charge in [0.25, 0.3) is 0 Å². The first kappa shape index (κ1) is 18.2. The van der Waals surface area contributed by atoms with E-state index in [-0.39, 0.29) is 23.8 Å². The Morgan fingerprint density at radius 3 is 2.50 bits per heavy atom. The molecule has 5 nitrogen and oxygen atoms in total. The molecule has 0 aromatic heterocycles. The van der Waals surface area contributed by atoms with Crippen LogP contribution in [-0.4, -0.2) is 25.5 Å². The second kappa shape index (κ2) is 9.95. The zero-order chi connectivity index (χ0) is 16.4. The molecule has 0 aliphatic carbocycles. The van der Waals surface area contributed by atoms with Crippen LogP contribution in [0.5, 0.6) is 0 Å². The minimum absolute atomic E-state index is 0.0377. The van der Waals surface area contributed by atoms with Gasteiger partial charge in [0.15, 0.2) is 0 Å². The summed E-state index contributed by atoms with van der Waals surface area (Å²) in [5.41, 5.74) is 7.09. The minimum Gasteiger partial charge on any atom is -0.469 e. The molecule has 0 bridgehead atoms. The van der Waals surface area contributed by atoms with Gasteiger partial charge >= 0.3 is 5.97 Å². The highest BCUT2D eigenvalue weighted by atomic mass is 16.5. The lowest BCUT2D eigenvalue weighted by atomic mass is 9.94. The van der Waals surface area contributed by atoms with E-state index >= 15 is 0 Å². The van der Waals surface area contributed by atoms with Crippen molar-refractivity contribution in [3.63, 3.8) is 0 Å². The highest BCUT2D eigenvalue weighted by molar-refractivity contribution is 5.79.